The monoisotopic (exact) mass is 720 g/mol. The van der Waals surface area contributed by atoms with Crippen molar-refractivity contribution >= 4 is 118 Å². The van der Waals surface area contributed by atoms with Gasteiger partial charge in [0.25, 0.3) is 6.71 Å². The van der Waals surface area contributed by atoms with Crippen LogP contribution in [0.3, 0.4) is 0 Å². The van der Waals surface area contributed by atoms with Gasteiger partial charge < -0.3 is 20.0 Å². The minimum absolute atomic E-state index is 0.000733. The molecule has 0 saturated carbocycles. The molecule has 6 radical (unpaired) electrons. The number of phenolic OH excluding ortho intramolecular Hbond substituents is 2. The molecule has 8 rings (SSSR count). The molecule has 264 valence electrons. The van der Waals surface area contributed by atoms with E-state index in [-0.39, 0.29) is 56.5 Å². The molecule has 0 atom stereocenters. The SMILES string of the molecule is [B]c1c([B])c(O)c(N2c3ccc(C(C)(C)C)cc3B3c4sc5ccc(C(C)(C)C)cc5c4N(c4ccc(C(C)(C)C)cc4)c4cc(C)cc2c43)c([B])c1O. The van der Waals surface area contributed by atoms with Gasteiger partial charge in [0.2, 0.25) is 0 Å². The number of thiophene rings is 1. The standard InChI is InChI=1S/C45H44B4N2O2S/c1-23-19-31-37-32(20-23)51(39-36(48)40(52)34(46)35(47)41(39)53)30-17-13-26(45(8,9)10)22-29(30)49(37)42-38(28-21-25(44(5,6)7)14-18-33(28)54-42)50(31)27-15-11-24(12-16-27)43(2,3)4/h11-22,52-53H,1-10H3. The topological polar surface area (TPSA) is 46.9 Å². The first-order chi connectivity index (χ1) is 25.2. The summed E-state index contributed by atoms with van der Waals surface area (Å²) in [5.41, 5.74) is 11.7. The predicted molar refractivity (Wildman–Crippen MR) is 236 cm³/mol. The molecule has 6 aromatic rings. The average molecular weight is 720 g/mol. The maximum absolute atomic E-state index is 11.8. The number of aromatic hydroxyl groups is 2. The quantitative estimate of drug-likeness (QED) is 0.150. The summed E-state index contributed by atoms with van der Waals surface area (Å²) in [6.45, 7) is 22.2. The normalized spacial score (nSPS) is 14.0. The van der Waals surface area contributed by atoms with Gasteiger partial charge in [-0.3, -0.25) is 0 Å². The second kappa shape index (κ2) is 12.0. The number of anilines is 6. The molecule has 0 amide bonds. The van der Waals surface area contributed by atoms with Gasteiger partial charge in [-0.15, -0.1) is 11.3 Å². The molecule has 2 N–H and O–H groups in total. The molecule has 0 bridgehead atoms. The van der Waals surface area contributed by atoms with Crippen molar-refractivity contribution in [3.8, 4) is 11.5 Å². The van der Waals surface area contributed by atoms with Crippen molar-refractivity contribution in [2.24, 2.45) is 0 Å². The van der Waals surface area contributed by atoms with Crippen molar-refractivity contribution in [1.82, 2.24) is 0 Å². The van der Waals surface area contributed by atoms with E-state index in [4.69, 9.17) is 23.5 Å². The number of rotatable bonds is 2. The van der Waals surface area contributed by atoms with Gasteiger partial charge in [0.1, 0.15) is 35.0 Å². The Labute approximate surface area is 328 Å². The molecule has 0 spiro atoms. The highest BCUT2D eigenvalue weighted by atomic mass is 32.1. The molecule has 0 saturated heterocycles. The highest BCUT2D eigenvalue weighted by Crippen LogP contribution is 2.50. The van der Waals surface area contributed by atoms with Crippen molar-refractivity contribution in [3.63, 3.8) is 0 Å². The number of fused-ring (bicyclic) bond motifs is 6. The van der Waals surface area contributed by atoms with Crippen LogP contribution in [0.1, 0.15) is 84.6 Å². The van der Waals surface area contributed by atoms with Crippen LogP contribution in [0, 0.1) is 6.92 Å². The van der Waals surface area contributed by atoms with Gasteiger partial charge in [0.05, 0.1) is 11.4 Å². The van der Waals surface area contributed by atoms with E-state index in [9.17, 15) is 10.2 Å². The van der Waals surface area contributed by atoms with Gasteiger partial charge in [-0.1, -0.05) is 104 Å². The van der Waals surface area contributed by atoms with E-state index in [0.717, 1.165) is 39.2 Å². The Bertz CT molecular complexity index is 2510. The highest BCUT2D eigenvalue weighted by Gasteiger charge is 2.46. The van der Waals surface area contributed by atoms with E-state index in [1.165, 1.54) is 37.2 Å². The summed E-state index contributed by atoms with van der Waals surface area (Å²) in [7, 11) is 19.2. The van der Waals surface area contributed by atoms with Crippen molar-refractivity contribution in [1.29, 1.82) is 0 Å². The van der Waals surface area contributed by atoms with Crippen molar-refractivity contribution < 1.29 is 10.2 Å². The summed E-state index contributed by atoms with van der Waals surface area (Å²) in [6, 6.07) is 26.9. The van der Waals surface area contributed by atoms with Crippen molar-refractivity contribution in [2.45, 2.75) is 85.5 Å². The lowest BCUT2D eigenvalue weighted by atomic mass is 9.36. The Morgan fingerprint density at radius 2 is 1.11 bits per heavy atom. The first kappa shape index (κ1) is 36.5. The maximum atomic E-state index is 11.8. The molecule has 3 heterocycles. The summed E-state index contributed by atoms with van der Waals surface area (Å²) in [6.07, 6.45) is 0. The number of benzene rings is 5. The Morgan fingerprint density at radius 3 is 1.72 bits per heavy atom. The van der Waals surface area contributed by atoms with Crippen LogP contribution in [0.15, 0.2) is 72.8 Å². The number of hydrogen-bond acceptors (Lipinski definition) is 5. The zero-order chi connectivity index (χ0) is 39.0. The van der Waals surface area contributed by atoms with E-state index >= 15 is 0 Å². The molecule has 2 aliphatic heterocycles. The molecule has 54 heavy (non-hydrogen) atoms. The molecule has 0 aliphatic carbocycles. The van der Waals surface area contributed by atoms with Gasteiger partial charge in [0.15, 0.2) is 0 Å². The van der Waals surface area contributed by atoms with E-state index in [2.05, 4.69) is 147 Å². The summed E-state index contributed by atoms with van der Waals surface area (Å²) >= 11 is 1.84. The summed E-state index contributed by atoms with van der Waals surface area (Å²) < 4.78 is 2.47. The van der Waals surface area contributed by atoms with Crippen LogP contribution in [0.4, 0.5) is 34.1 Å². The second-order valence-electron chi connectivity index (χ2n) is 18.2. The third-order valence-electron chi connectivity index (χ3n) is 11.3. The Kier molecular flexibility index (Phi) is 8.12. The molecule has 2 aliphatic rings. The zero-order valence-corrected chi connectivity index (χ0v) is 33.8. The van der Waals surface area contributed by atoms with E-state index < -0.39 is 0 Å². The van der Waals surface area contributed by atoms with Gasteiger partial charge in [-0.2, -0.15) is 0 Å². The third-order valence-corrected chi connectivity index (χ3v) is 12.5. The molecule has 1 aromatic heterocycles. The van der Waals surface area contributed by atoms with Crippen LogP contribution >= 0.6 is 11.3 Å². The summed E-state index contributed by atoms with van der Waals surface area (Å²) in [5.74, 6) is -0.621. The molecular formula is C45H44B4N2O2S. The largest absolute Gasteiger partial charge is 0.509 e. The fourth-order valence-corrected chi connectivity index (χ4v) is 9.47. The van der Waals surface area contributed by atoms with Crippen molar-refractivity contribution in [2.75, 3.05) is 9.80 Å². The Balaban J connectivity index is 1.53. The van der Waals surface area contributed by atoms with Crippen LogP contribution in [-0.2, 0) is 16.2 Å². The predicted octanol–water partition coefficient (Wildman–Crippen LogP) is 6.98. The first-order valence-corrected chi connectivity index (χ1v) is 19.4. The lowest BCUT2D eigenvalue weighted by Crippen LogP contribution is -2.61. The van der Waals surface area contributed by atoms with E-state index in [0.29, 0.717) is 0 Å². The number of phenols is 2. The van der Waals surface area contributed by atoms with Gasteiger partial charge in [-0.25, -0.2) is 0 Å². The fraction of sp³-hybridized carbons (Fsp3) is 0.289. The van der Waals surface area contributed by atoms with Crippen LogP contribution in [-0.4, -0.2) is 40.5 Å². The second-order valence-corrected chi connectivity index (χ2v) is 19.3. The van der Waals surface area contributed by atoms with E-state index in [1.54, 1.807) is 0 Å². The fourth-order valence-electron chi connectivity index (χ4n) is 8.17. The lowest BCUT2D eigenvalue weighted by Gasteiger charge is -2.44. The average Bonchev–Trinajstić information content (AvgIpc) is 3.48. The maximum Gasteiger partial charge on any atom is 0.264 e. The first-order valence-electron chi connectivity index (χ1n) is 18.6. The van der Waals surface area contributed by atoms with Crippen LogP contribution in [0.25, 0.3) is 10.1 Å². The minimum atomic E-state index is -0.348. The summed E-state index contributed by atoms with van der Waals surface area (Å²) in [4.78, 5) is 4.41. The lowest BCUT2D eigenvalue weighted by molar-refractivity contribution is 0.471. The molecule has 0 unspecified atom stereocenters. The summed E-state index contributed by atoms with van der Waals surface area (Å²) in [5, 5.41) is 24.2. The molecule has 9 heteroatoms. The molecule has 0 fully saturated rings. The molecule has 4 nitrogen and oxygen atoms in total. The van der Waals surface area contributed by atoms with Crippen molar-refractivity contribution in [3.05, 3.63) is 95.1 Å². The smallest absolute Gasteiger partial charge is 0.264 e. The van der Waals surface area contributed by atoms with Gasteiger partial charge in [-0.05, 0) is 104 Å². The number of aryl methyl sites for hydroxylation is 1. The third kappa shape index (κ3) is 5.44. The number of nitrogens with zero attached hydrogens (tertiary/aromatic N) is 2. The molecule has 5 aromatic carbocycles. The Hall–Kier alpha value is -4.48. The van der Waals surface area contributed by atoms with E-state index in [1.807, 2.05) is 16.2 Å². The van der Waals surface area contributed by atoms with Gasteiger partial charge in [0, 0.05) is 37.6 Å². The van der Waals surface area contributed by atoms with Gasteiger partial charge >= 0.3 is 0 Å². The molecular weight excluding hydrogens is 676 g/mol. The van der Waals surface area contributed by atoms with Crippen LogP contribution in [0.5, 0.6) is 11.5 Å². The Morgan fingerprint density at radius 1 is 0.574 bits per heavy atom. The minimum Gasteiger partial charge on any atom is -0.509 e. The van der Waals surface area contributed by atoms with Crippen LogP contribution in [0.2, 0.25) is 0 Å². The van der Waals surface area contributed by atoms with Crippen LogP contribution < -0.4 is 41.9 Å². The number of hydrogen-bond donors (Lipinski definition) is 2. The zero-order valence-electron chi connectivity index (χ0n) is 32.9. The highest BCUT2D eigenvalue weighted by molar-refractivity contribution is 7.33.